The van der Waals surface area contributed by atoms with Gasteiger partial charge < -0.3 is 19.7 Å². The first-order valence-corrected chi connectivity index (χ1v) is 9.16. The van der Waals surface area contributed by atoms with Crippen molar-refractivity contribution in [2.45, 2.75) is 19.8 Å². The Kier molecular flexibility index (Phi) is 8.21. The number of nitrogens with one attached hydrogen (secondary N) is 1. The fourth-order valence-corrected chi connectivity index (χ4v) is 2.73. The maximum atomic E-state index is 12.3. The summed E-state index contributed by atoms with van der Waals surface area (Å²) in [4.78, 5) is 28.0. The summed E-state index contributed by atoms with van der Waals surface area (Å²) in [5, 5.41) is 2.92. The third kappa shape index (κ3) is 6.55. The summed E-state index contributed by atoms with van der Waals surface area (Å²) in [5.41, 5.74) is 0. The predicted octanol–water partition coefficient (Wildman–Crippen LogP) is 1.13. The van der Waals surface area contributed by atoms with E-state index in [1.54, 1.807) is 36.3 Å². The lowest BCUT2D eigenvalue weighted by Gasteiger charge is -2.34. The Hall–Kier alpha value is -2.28. The lowest BCUT2D eigenvalue weighted by Crippen LogP contribution is -2.52. The van der Waals surface area contributed by atoms with Crippen molar-refractivity contribution in [2.24, 2.45) is 0 Å². The lowest BCUT2D eigenvalue weighted by atomic mass is 10.3. The molecule has 0 atom stereocenters. The highest BCUT2D eigenvalue weighted by atomic mass is 16.5. The lowest BCUT2D eigenvalue weighted by molar-refractivity contribution is -0.135. The maximum absolute atomic E-state index is 12.3. The van der Waals surface area contributed by atoms with Crippen molar-refractivity contribution in [3.05, 3.63) is 24.3 Å². The number of piperazine rings is 1. The molecule has 7 nitrogen and oxygen atoms in total. The number of carbonyl (C=O) groups excluding carboxylic acids is 2. The number of carbonyl (C=O) groups is 2. The van der Waals surface area contributed by atoms with Gasteiger partial charge in [0.2, 0.25) is 5.91 Å². The summed E-state index contributed by atoms with van der Waals surface area (Å²) in [5.74, 6) is 1.41. The summed E-state index contributed by atoms with van der Waals surface area (Å²) in [6.07, 6.45) is 2.07. The quantitative estimate of drug-likeness (QED) is 0.666. The van der Waals surface area contributed by atoms with Crippen LogP contribution in [-0.4, -0.2) is 74.6 Å². The van der Waals surface area contributed by atoms with Gasteiger partial charge in [0.1, 0.15) is 11.5 Å². The molecule has 0 bridgehead atoms. The molecule has 1 heterocycles. The van der Waals surface area contributed by atoms with Gasteiger partial charge in [-0.15, -0.1) is 0 Å². The van der Waals surface area contributed by atoms with Crippen LogP contribution in [0.15, 0.2) is 24.3 Å². The minimum atomic E-state index is -0.0344. The second kappa shape index (κ2) is 10.7. The van der Waals surface area contributed by atoms with Crippen LogP contribution in [0.25, 0.3) is 0 Å². The first kappa shape index (κ1) is 20.0. The molecular formula is C19H29N3O4. The molecule has 1 aromatic rings. The molecule has 2 rings (SSSR count). The number of rotatable bonds is 9. The molecule has 0 aromatic heterocycles. The van der Waals surface area contributed by atoms with Gasteiger partial charge in [0.25, 0.3) is 5.91 Å². The average Bonchev–Trinajstić information content (AvgIpc) is 2.67. The second-order valence-electron chi connectivity index (χ2n) is 6.32. The number of unbranched alkanes of at least 4 members (excludes halogenated alkanes) is 1. The van der Waals surface area contributed by atoms with Crippen LogP contribution >= 0.6 is 0 Å². The third-order valence-electron chi connectivity index (χ3n) is 4.37. The summed E-state index contributed by atoms with van der Waals surface area (Å²) in [6, 6.07) is 7.15. The van der Waals surface area contributed by atoms with Gasteiger partial charge in [-0.1, -0.05) is 13.3 Å². The summed E-state index contributed by atoms with van der Waals surface area (Å²) in [6.45, 7) is 5.89. The van der Waals surface area contributed by atoms with Gasteiger partial charge in [0, 0.05) is 32.7 Å². The van der Waals surface area contributed by atoms with E-state index in [1.807, 2.05) is 0 Å². The molecule has 144 valence electrons. The number of amides is 2. The molecule has 0 radical (unpaired) electrons. The maximum Gasteiger partial charge on any atom is 0.260 e. The number of benzene rings is 1. The van der Waals surface area contributed by atoms with Crippen LogP contribution in [0.5, 0.6) is 11.5 Å². The van der Waals surface area contributed by atoms with Crippen LogP contribution < -0.4 is 14.8 Å². The van der Waals surface area contributed by atoms with Gasteiger partial charge in [-0.05, 0) is 30.7 Å². The van der Waals surface area contributed by atoms with E-state index >= 15 is 0 Å². The Morgan fingerprint density at radius 3 is 2.35 bits per heavy atom. The number of hydrogen-bond donors (Lipinski definition) is 1. The van der Waals surface area contributed by atoms with Gasteiger partial charge >= 0.3 is 0 Å². The van der Waals surface area contributed by atoms with Gasteiger partial charge in [-0.2, -0.15) is 0 Å². The second-order valence-corrected chi connectivity index (χ2v) is 6.32. The number of methoxy groups -OCH3 is 1. The van der Waals surface area contributed by atoms with E-state index in [0.717, 1.165) is 25.1 Å². The fraction of sp³-hybridized carbons (Fsp3) is 0.579. The van der Waals surface area contributed by atoms with E-state index in [9.17, 15) is 9.59 Å². The fourth-order valence-electron chi connectivity index (χ4n) is 2.73. The zero-order valence-electron chi connectivity index (χ0n) is 15.7. The molecular weight excluding hydrogens is 334 g/mol. The van der Waals surface area contributed by atoms with Crippen LogP contribution in [0.4, 0.5) is 0 Å². The normalized spacial score (nSPS) is 14.8. The Balaban J connectivity index is 1.66. The smallest absolute Gasteiger partial charge is 0.260 e. The molecule has 1 fully saturated rings. The first-order valence-electron chi connectivity index (χ1n) is 9.16. The van der Waals surface area contributed by atoms with E-state index in [2.05, 4.69) is 17.1 Å². The Labute approximate surface area is 155 Å². The van der Waals surface area contributed by atoms with Crippen molar-refractivity contribution < 1.29 is 19.1 Å². The third-order valence-corrected chi connectivity index (χ3v) is 4.37. The van der Waals surface area contributed by atoms with Gasteiger partial charge in [-0.3, -0.25) is 14.5 Å². The molecule has 1 aromatic carbocycles. The molecule has 1 saturated heterocycles. The Bertz CT molecular complexity index is 569. The Morgan fingerprint density at radius 2 is 1.73 bits per heavy atom. The molecule has 0 unspecified atom stereocenters. The highest BCUT2D eigenvalue weighted by Crippen LogP contribution is 2.17. The minimum Gasteiger partial charge on any atom is -0.497 e. The Morgan fingerprint density at radius 1 is 1.08 bits per heavy atom. The van der Waals surface area contributed by atoms with E-state index < -0.39 is 0 Å². The van der Waals surface area contributed by atoms with Crippen molar-refractivity contribution in [1.82, 2.24) is 15.1 Å². The summed E-state index contributed by atoms with van der Waals surface area (Å²) >= 11 is 0. The van der Waals surface area contributed by atoms with Gasteiger partial charge in [-0.25, -0.2) is 0 Å². The van der Waals surface area contributed by atoms with Crippen molar-refractivity contribution in [1.29, 1.82) is 0 Å². The van der Waals surface area contributed by atoms with Crippen molar-refractivity contribution in [3.63, 3.8) is 0 Å². The predicted molar refractivity (Wildman–Crippen MR) is 99.4 cm³/mol. The zero-order chi connectivity index (χ0) is 18.8. The van der Waals surface area contributed by atoms with Crippen LogP contribution in [0, 0.1) is 0 Å². The van der Waals surface area contributed by atoms with Crippen LogP contribution in [0.3, 0.4) is 0 Å². The average molecular weight is 363 g/mol. The topological polar surface area (TPSA) is 71.1 Å². The summed E-state index contributed by atoms with van der Waals surface area (Å²) < 4.78 is 10.6. The number of hydrogen-bond acceptors (Lipinski definition) is 5. The van der Waals surface area contributed by atoms with E-state index in [1.165, 1.54) is 0 Å². The van der Waals surface area contributed by atoms with Gasteiger partial charge in [0.05, 0.1) is 13.7 Å². The molecule has 1 aliphatic heterocycles. The monoisotopic (exact) mass is 363 g/mol. The number of ether oxygens (including phenoxy) is 2. The highest BCUT2D eigenvalue weighted by Gasteiger charge is 2.22. The van der Waals surface area contributed by atoms with E-state index in [-0.39, 0.29) is 18.4 Å². The molecule has 7 heteroatoms. The van der Waals surface area contributed by atoms with E-state index in [4.69, 9.17) is 9.47 Å². The SMILES string of the molecule is CCCCNC(=O)CN1CCN(C(=O)COc2ccc(OC)cc2)CC1. The van der Waals surface area contributed by atoms with Crippen molar-refractivity contribution in [2.75, 3.05) is 53.0 Å². The minimum absolute atomic E-state index is 0.0177. The van der Waals surface area contributed by atoms with Crippen LogP contribution in [0.1, 0.15) is 19.8 Å². The highest BCUT2D eigenvalue weighted by molar-refractivity contribution is 5.79. The summed E-state index contributed by atoms with van der Waals surface area (Å²) in [7, 11) is 1.61. The first-order chi connectivity index (χ1) is 12.6. The van der Waals surface area contributed by atoms with Gasteiger partial charge in [0.15, 0.2) is 6.61 Å². The van der Waals surface area contributed by atoms with Crippen molar-refractivity contribution in [3.8, 4) is 11.5 Å². The molecule has 0 spiro atoms. The molecule has 0 aliphatic carbocycles. The molecule has 0 saturated carbocycles. The zero-order valence-corrected chi connectivity index (χ0v) is 15.7. The van der Waals surface area contributed by atoms with Crippen LogP contribution in [-0.2, 0) is 9.59 Å². The van der Waals surface area contributed by atoms with Crippen LogP contribution in [0.2, 0.25) is 0 Å². The molecule has 1 N–H and O–H groups in total. The largest absolute Gasteiger partial charge is 0.497 e. The standard InChI is InChI=1S/C19H29N3O4/c1-3-4-9-20-18(23)14-21-10-12-22(13-11-21)19(24)15-26-17-7-5-16(25-2)6-8-17/h5-8H,3-4,9-15H2,1-2H3,(H,20,23). The molecule has 2 amide bonds. The number of nitrogens with zero attached hydrogens (tertiary/aromatic N) is 2. The molecule has 26 heavy (non-hydrogen) atoms. The van der Waals surface area contributed by atoms with Crippen molar-refractivity contribution >= 4 is 11.8 Å². The van der Waals surface area contributed by atoms with E-state index in [0.29, 0.717) is 38.5 Å². The molecule has 1 aliphatic rings.